The minimum atomic E-state index is -0.447. The Labute approximate surface area is 185 Å². The van der Waals surface area contributed by atoms with Crippen molar-refractivity contribution in [2.75, 3.05) is 38.2 Å². The molecule has 0 spiro atoms. The number of piperidine rings is 1. The Morgan fingerprint density at radius 2 is 2.19 bits per heavy atom. The van der Waals surface area contributed by atoms with E-state index in [0.717, 1.165) is 63.1 Å². The molecule has 0 radical (unpaired) electrons. The van der Waals surface area contributed by atoms with Gasteiger partial charge in [0.15, 0.2) is 17.5 Å². The number of pyridine rings is 1. The summed E-state index contributed by atoms with van der Waals surface area (Å²) in [5, 5.41) is 4.66. The van der Waals surface area contributed by atoms with Gasteiger partial charge in [-0.25, -0.2) is 19.3 Å². The van der Waals surface area contributed by atoms with Gasteiger partial charge in [-0.2, -0.15) is 0 Å². The number of H-pyrrole nitrogens is 1. The molecule has 3 aromatic rings. The topological polar surface area (TPSA) is 79.0 Å². The first kappa shape index (κ1) is 20.6. The second-order valence-corrected chi connectivity index (χ2v) is 8.90. The lowest BCUT2D eigenvalue weighted by Gasteiger charge is -2.36. The van der Waals surface area contributed by atoms with Gasteiger partial charge in [0.05, 0.1) is 17.8 Å². The lowest BCUT2D eigenvalue weighted by Crippen LogP contribution is -2.45. The number of nitrogens with one attached hydrogen (secondary N) is 2. The van der Waals surface area contributed by atoms with Crippen molar-refractivity contribution >= 4 is 28.5 Å². The number of halogens is 2. The maximum Gasteiger partial charge on any atom is 0.183 e. The number of ether oxygens (including phenoxy) is 1. The SMILES string of the molecule is Fc1cnc(-c2c[nH]c3ncc(Cl)cc23)nc1N[C@H]1CCCN(CC2CCCOC2)C1. The first-order chi connectivity index (χ1) is 15.2. The molecule has 1 unspecified atom stereocenters. The second-order valence-electron chi connectivity index (χ2n) is 8.47. The molecule has 0 amide bonds. The van der Waals surface area contributed by atoms with Gasteiger partial charge in [0.2, 0.25) is 0 Å². The lowest BCUT2D eigenvalue weighted by molar-refractivity contribution is 0.0348. The zero-order valence-electron chi connectivity index (χ0n) is 17.3. The van der Waals surface area contributed by atoms with Gasteiger partial charge in [0, 0.05) is 49.1 Å². The summed E-state index contributed by atoms with van der Waals surface area (Å²) in [6, 6.07) is 1.96. The van der Waals surface area contributed by atoms with Crippen LogP contribution in [0.25, 0.3) is 22.4 Å². The highest BCUT2D eigenvalue weighted by molar-refractivity contribution is 6.31. The molecule has 164 valence electrons. The van der Waals surface area contributed by atoms with Gasteiger partial charge in [-0.3, -0.25) is 0 Å². The number of rotatable bonds is 5. The van der Waals surface area contributed by atoms with E-state index >= 15 is 0 Å². The van der Waals surface area contributed by atoms with Crippen LogP contribution in [-0.4, -0.2) is 63.7 Å². The Balaban J connectivity index is 1.31. The molecule has 2 aliphatic rings. The molecule has 5 rings (SSSR count). The molecule has 0 saturated carbocycles. The van der Waals surface area contributed by atoms with Crippen LogP contribution in [0.2, 0.25) is 5.02 Å². The molecule has 31 heavy (non-hydrogen) atoms. The molecule has 9 heteroatoms. The van der Waals surface area contributed by atoms with E-state index in [0.29, 0.717) is 22.4 Å². The molecule has 7 nitrogen and oxygen atoms in total. The van der Waals surface area contributed by atoms with E-state index in [-0.39, 0.29) is 11.9 Å². The van der Waals surface area contributed by atoms with Gasteiger partial charge >= 0.3 is 0 Å². The summed E-state index contributed by atoms with van der Waals surface area (Å²) >= 11 is 6.10. The summed E-state index contributed by atoms with van der Waals surface area (Å²) in [6.45, 7) is 4.73. The maximum atomic E-state index is 14.6. The summed E-state index contributed by atoms with van der Waals surface area (Å²) in [5.74, 6) is 0.822. The van der Waals surface area contributed by atoms with Gasteiger partial charge in [-0.05, 0) is 44.2 Å². The zero-order valence-corrected chi connectivity index (χ0v) is 18.0. The summed E-state index contributed by atoms with van der Waals surface area (Å²) in [4.78, 5) is 18.5. The fourth-order valence-corrected chi connectivity index (χ4v) is 4.77. The Kier molecular flexibility index (Phi) is 6.02. The van der Waals surface area contributed by atoms with Crippen LogP contribution in [0.1, 0.15) is 25.7 Å². The number of nitrogens with zero attached hydrogens (tertiary/aromatic N) is 4. The van der Waals surface area contributed by atoms with Crippen molar-refractivity contribution in [2.45, 2.75) is 31.7 Å². The third-order valence-corrected chi connectivity index (χ3v) is 6.31. The first-order valence-corrected chi connectivity index (χ1v) is 11.3. The van der Waals surface area contributed by atoms with Crippen LogP contribution in [0.15, 0.2) is 24.7 Å². The third kappa shape index (κ3) is 4.66. The predicted molar refractivity (Wildman–Crippen MR) is 119 cm³/mol. The summed E-state index contributed by atoms with van der Waals surface area (Å²) in [6.07, 6.45) is 9.02. The van der Waals surface area contributed by atoms with E-state index in [1.807, 2.05) is 6.07 Å². The van der Waals surface area contributed by atoms with Crippen molar-refractivity contribution < 1.29 is 9.13 Å². The fourth-order valence-electron chi connectivity index (χ4n) is 4.61. The zero-order chi connectivity index (χ0) is 21.2. The summed E-state index contributed by atoms with van der Waals surface area (Å²) < 4.78 is 20.2. The van der Waals surface area contributed by atoms with Crippen LogP contribution in [0, 0.1) is 11.7 Å². The quantitative estimate of drug-likeness (QED) is 0.616. The average Bonchev–Trinajstić information content (AvgIpc) is 3.19. The smallest absolute Gasteiger partial charge is 0.183 e. The number of likely N-dealkylation sites (tertiary alicyclic amines) is 1. The average molecular weight is 445 g/mol. The molecule has 5 heterocycles. The van der Waals surface area contributed by atoms with Gasteiger partial charge in [0.25, 0.3) is 0 Å². The highest BCUT2D eigenvalue weighted by Crippen LogP contribution is 2.28. The fraction of sp³-hybridized carbons (Fsp3) is 0.500. The van der Waals surface area contributed by atoms with Gasteiger partial charge < -0.3 is 19.9 Å². The minimum Gasteiger partial charge on any atom is -0.381 e. The molecule has 2 atom stereocenters. The van der Waals surface area contributed by atoms with Crippen LogP contribution in [-0.2, 0) is 4.74 Å². The van der Waals surface area contributed by atoms with E-state index in [2.05, 4.69) is 30.2 Å². The van der Waals surface area contributed by atoms with E-state index in [1.165, 1.54) is 12.6 Å². The summed E-state index contributed by atoms with van der Waals surface area (Å²) in [5.41, 5.74) is 1.44. The molecule has 2 fully saturated rings. The van der Waals surface area contributed by atoms with Crippen molar-refractivity contribution in [2.24, 2.45) is 5.92 Å². The standard InChI is InChI=1S/C22H26ClFN6O/c23-15-7-17-18(9-26-20(17)25-8-15)21-27-10-19(24)22(29-21)28-16-4-1-5-30(12-16)11-14-3-2-6-31-13-14/h7-10,14,16H,1-6,11-13H2,(H,25,26)(H,27,28,29)/t14?,16-/m0/s1. The normalized spacial score (nSPS) is 22.6. The second kappa shape index (κ2) is 9.06. The highest BCUT2D eigenvalue weighted by Gasteiger charge is 2.25. The van der Waals surface area contributed by atoms with Crippen LogP contribution < -0.4 is 5.32 Å². The van der Waals surface area contributed by atoms with Gasteiger partial charge in [-0.1, -0.05) is 11.6 Å². The van der Waals surface area contributed by atoms with E-state index in [4.69, 9.17) is 16.3 Å². The molecule has 2 saturated heterocycles. The number of hydrogen-bond acceptors (Lipinski definition) is 6. The Morgan fingerprint density at radius 3 is 3.06 bits per heavy atom. The van der Waals surface area contributed by atoms with E-state index < -0.39 is 5.82 Å². The van der Waals surface area contributed by atoms with Crippen LogP contribution in [0.3, 0.4) is 0 Å². The van der Waals surface area contributed by atoms with Crippen molar-refractivity contribution in [3.8, 4) is 11.4 Å². The van der Waals surface area contributed by atoms with Crippen LogP contribution >= 0.6 is 11.6 Å². The number of aromatic amines is 1. The summed E-state index contributed by atoms with van der Waals surface area (Å²) in [7, 11) is 0. The van der Waals surface area contributed by atoms with Crippen LogP contribution in [0.5, 0.6) is 0 Å². The molecule has 0 aromatic carbocycles. The Hall–Kier alpha value is -2.29. The third-order valence-electron chi connectivity index (χ3n) is 6.10. The van der Waals surface area contributed by atoms with Crippen molar-refractivity contribution in [3.05, 3.63) is 35.5 Å². The van der Waals surface area contributed by atoms with Crippen LogP contribution in [0.4, 0.5) is 10.2 Å². The molecule has 0 bridgehead atoms. The molecule has 2 N–H and O–H groups in total. The molecule has 2 aliphatic heterocycles. The number of anilines is 1. The highest BCUT2D eigenvalue weighted by atomic mass is 35.5. The number of hydrogen-bond donors (Lipinski definition) is 2. The molecular weight excluding hydrogens is 419 g/mol. The molecular formula is C22H26ClFN6O. The molecule has 0 aliphatic carbocycles. The maximum absolute atomic E-state index is 14.6. The molecule has 3 aromatic heterocycles. The van der Waals surface area contributed by atoms with Crippen molar-refractivity contribution in [3.63, 3.8) is 0 Å². The number of aromatic nitrogens is 4. The van der Waals surface area contributed by atoms with Crippen molar-refractivity contribution in [1.82, 2.24) is 24.8 Å². The Morgan fingerprint density at radius 1 is 1.26 bits per heavy atom. The van der Waals surface area contributed by atoms with E-state index in [1.54, 1.807) is 12.4 Å². The Bertz CT molecular complexity index is 1050. The monoisotopic (exact) mass is 444 g/mol. The largest absolute Gasteiger partial charge is 0.381 e. The number of fused-ring (bicyclic) bond motifs is 1. The van der Waals surface area contributed by atoms with Crippen molar-refractivity contribution in [1.29, 1.82) is 0 Å². The first-order valence-electron chi connectivity index (χ1n) is 10.9. The predicted octanol–water partition coefficient (Wildman–Crippen LogP) is 4.12. The lowest BCUT2D eigenvalue weighted by atomic mass is 9.99. The minimum absolute atomic E-state index is 0.148. The van der Waals surface area contributed by atoms with Gasteiger partial charge in [-0.15, -0.1) is 0 Å². The van der Waals surface area contributed by atoms with Gasteiger partial charge in [0.1, 0.15) is 5.65 Å². The van der Waals surface area contributed by atoms with E-state index in [9.17, 15) is 4.39 Å².